The average Bonchev–Trinajstić information content (AvgIpc) is 2.95. The largest absolute Gasteiger partial charge is 0.397 e. The number of carbonyl (C=O) groups is 2. The highest BCUT2D eigenvalue weighted by molar-refractivity contribution is 7.13. The van der Waals surface area contributed by atoms with Gasteiger partial charge in [-0.1, -0.05) is 6.42 Å². The van der Waals surface area contributed by atoms with E-state index < -0.39 is 5.82 Å². The summed E-state index contributed by atoms with van der Waals surface area (Å²) in [5.41, 5.74) is 7.17. The number of rotatable bonds is 8. The standard InChI is InChI=1S/C17H21FN4O2S/c1-11-10-25-17(20-11)22-16(24)6-4-2-3-5-15(23)21-14-9-12(18)7-8-13(14)19/h7-10H,2-6,19H2,1H3,(H,21,23)(H,20,22,24). The van der Waals surface area contributed by atoms with E-state index in [-0.39, 0.29) is 17.5 Å². The van der Waals surface area contributed by atoms with Gasteiger partial charge in [0.25, 0.3) is 0 Å². The zero-order valence-electron chi connectivity index (χ0n) is 14.0. The van der Waals surface area contributed by atoms with E-state index in [1.165, 1.54) is 29.5 Å². The lowest BCUT2D eigenvalue weighted by molar-refractivity contribution is -0.116. The van der Waals surface area contributed by atoms with E-state index in [1.807, 2.05) is 12.3 Å². The van der Waals surface area contributed by atoms with Crippen LogP contribution in [0.15, 0.2) is 23.6 Å². The zero-order chi connectivity index (χ0) is 18.2. The van der Waals surface area contributed by atoms with Gasteiger partial charge in [0.05, 0.1) is 17.1 Å². The number of unbranched alkanes of at least 4 members (excludes halogenated alkanes) is 2. The number of aryl methyl sites for hydroxylation is 1. The number of aromatic nitrogens is 1. The molecule has 0 aliphatic heterocycles. The highest BCUT2D eigenvalue weighted by atomic mass is 32.1. The summed E-state index contributed by atoms with van der Waals surface area (Å²) >= 11 is 1.40. The lowest BCUT2D eigenvalue weighted by Gasteiger charge is -2.08. The third-order valence-corrected chi connectivity index (χ3v) is 4.34. The van der Waals surface area contributed by atoms with Crippen LogP contribution in [-0.2, 0) is 9.59 Å². The van der Waals surface area contributed by atoms with E-state index in [0.29, 0.717) is 36.5 Å². The summed E-state index contributed by atoms with van der Waals surface area (Å²) < 4.78 is 13.1. The van der Waals surface area contributed by atoms with Crippen LogP contribution in [0.3, 0.4) is 0 Å². The van der Waals surface area contributed by atoms with E-state index in [1.54, 1.807) is 0 Å². The predicted octanol–water partition coefficient (Wildman–Crippen LogP) is 3.70. The SMILES string of the molecule is Cc1csc(NC(=O)CCCCCC(=O)Nc2cc(F)ccc2N)n1. The molecule has 0 aliphatic rings. The molecular formula is C17H21FN4O2S. The fourth-order valence-corrected chi connectivity index (χ4v) is 2.89. The van der Waals surface area contributed by atoms with Gasteiger partial charge in [-0.2, -0.15) is 0 Å². The maximum Gasteiger partial charge on any atom is 0.226 e. The molecule has 0 fully saturated rings. The number of carbonyl (C=O) groups excluding carboxylic acids is 2. The number of nitrogens with two attached hydrogens (primary N) is 1. The molecule has 25 heavy (non-hydrogen) atoms. The van der Waals surface area contributed by atoms with Crippen molar-refractivity contribution in [3.63, 3.8) is 0 Å². The molecule has 8 heteroatoms. The van der Waals surface area contributed by atoms with E-state index in [2.05, 4.69) is 15.6 Å². The molecule has 0 bridgehead atoms. The second-order valence-electron chi connectivity index (χ2n) is 5.68. The molecule has 0 spiro atoms. The van der Waals surface area contributed by atoms with E-state index in [0.717, 1.165) is 12.1 Å². The molecule has 1 aromatic heterocycles. The molecule has 0 saturated carbocycles. The number of nitrogen functional groups attached to an aromatic ring is 1. The van der Waals surface area contributed by atoms with Gasteiger partial charge in [0.1, 0.15) is 5.82 Å². The quantitative estimate of drug-likeness (QED) is 0.491. The summed E-state index contributed by atoms with van der Waals surface area (Å²) in [6.07, 6.45) is 2.76. The Morgan fingerprint density at radius 3 is 2.48 bits per heavy atom. The van der Waals surface area contributed by atoms with Gasteiger partial charge in [0.2, 0.25) is 11.8 Å². The van der Waals surface area contributed by atoms with Crippen LogP contribution in [0.4, 0.5) is 20.9 Å². The van der Waals surface area contributed by atoms with Crippen molar-refractivity contribution < 1.29 is 14.0 Å². The Bertz CT molecular complexity index is 748. The normalized spacial score (nSPS) is 10.5. The number of halogens is 1. The van der Waals surface area contributed by atoms with Crippen LogP contribution in [0.2, 0.25) is 0 Å². The number of anilines is 3. The molecule has 0 aliphatic carbocycles. The van der Waals surface area contributed by atoms with Crippen molar-refractivity contribution in [1.29, 1.82) is 0 Å². The Morgan fingerprint density at radius 2 is 1.84 bits per heavy atom. The number of benzene rings is 1. The van der Waals surface area contributed by atoms with Crippen LogP contribution in [-0.4, -0.2) is 16.8 Å². The highest BCUT2D eigenvalue weighted by Crippen LogP contribution is 2.20. The first-order valence-corrected chi connectivity index (χ1v) is 8.89. The van der Waals surface area contributed by atoms with Crippen LogP contribution in [0.25, 0.3) is 0 Å². The molecule has 2 rings (SSSR count). The van der Waals surface area contributed by atoms with Gasteiger partial charge in [-0.05, 0) is 38.0 Å². The van der Waals surface area contributed by atoms with E-state index in [9.17, 15) is 14.0 Å². The van der Waals surface area contributed by atoms with Gasteiger partial charge in [0.15, 0.2) is 5.13 Å². The van der Waals surface area contributed by atoms with Gasteiger partial charge in [-0.15, -0.1) is 11.3 Å². The second-order valence-corrected chi connectivity index (χ2v) is 6.54. The molecule has 2 amide bonds. The Morgan fingerprint density at radius 1 is 1.16 bits per heavy atom. The predicted molar refractivity (Wildman–Crippen MR) is 98.0 cm³/mol. The van der Waals surface area contributed by atoms with Crippen LogP contribution in [0, 0.1) is 12.7 Å². The summed E-state index contributed by atoms with van der Waals surface area (Å²) in [6, 6.07) is 3.84. The Balaban J connectivity index is 1.61. The van der Waals surface area contributed by atoms with Crippen molar-refractivity contribution in [2.75, 3.05) is 16.4 Å². The monoisotopic (exact) mass is 364 g/mol. The maximum atomic E-state index is 13.1. The Kier molecular flexibility index (Phi) is 6.88. The Hall–Kier alpha value is -2.48. The van der Waals surface area contributed by atoms with Crippen molar-refractivity contribution in [3.8, 4) is 0 Å². The number of thiazole rings is 1. The van der Waals surface area contributed by atoms with Crippen LogP contribution in [0.5, 0.6) is 0 Å². The van der Waals surface area contributed by atoms with Crippen LogP contribution < -0.4 is 16.4 Å². The summed E-state index contributed by atoms with van der Waals surface area (Å²) in [5.74, 6) is -0.753. The van der Waals surface area contributed by atoms with E-state index >= 15 is 0 Å². The molecule has 0 saturated heterocycles. The molecule has 4 N–H and O–H groups in total. The fraction of sp³-hybridized carbons (Fsp3) is 0.353. The molecular weight excluding hydrogens is 343 g/mol. The lowest BCUT2D eigenvalue weighted by Crippen LogP contribution is -2.13. The van der Waals surface area contributed by atoms with Gasteiger partial charge in [0, 0.05) is 18.2 Å². The third kappa shape index (κ3) is 6.50. The van der Waals surface area contributed by atoms with Crippen molar-refractivity contribution in [2.45, 2.75) is 39.0 Å². The van der Waals surface area contributed by atoms with Gasteiger partial charge < -0.3 is 16.4 Å². The molecule has 1 heterocycles. The van der Waals surface area contributed by atoms with Crippen molar-refractivity contribution >= 4 is 39.7 Å². The number of hydrogen-bond donors (Lipinski definition) is 3. The number of hydrogen-bond acceptors (Lipinski definition) is 5. The fourth-order valence-electron chi connectivity index (χ4n) is 2.19. The molecule has 0 unspecified atom stereocenters. The first kappa shape index (κ1) is 18.9. The Labute approximate surface area is 149 Å². The molecule has 0 atom stereocenters. The minimum absolute atomic E-state index is 0.0775. The zero-order valence-corrected chi connectivity index (χ0v) is 14.8. The van der Waals surface area contributed by atoms with Gasteiger partial charge in [-0.3, -0.25) is 9.59 Å². The van der Waals surface area contributed by atoms with Crippen LogP contribution in [0.1, 0.15) is 37.8 Å². The summed E-state index contributed by atoms with van der Waals surface area (Å²) in [7, 11) is 0. The topological polar surface area (TPSA) is 97.1 Å². The van der Waals surface area contributed by atoms with Crippen molar-refractivity contribution in [3.05, 3.63) is 35.1 Å². The summed E-state index contributed by atoms with van der Waals surface area (Å²) in [4.78, 5) is 27.8. The summed E-state index contributed by atoms with van der Waals surface area (Å²) in [6.45, 7) is 1.87. The first-order valence-electron chi connectivity index (χ1n) is 8.01. The van der Waals surface area contributed by atoms with Crippen molar-refractivity contribution in [2.24, 2.45) is 0 Å². The van der Waals surface area contributed by atoms with Crippen LogP contribution >= 0.6 is 11.3 Å². The minimum Gasteiger partial charge on any atom is -0.397 e. The number of amides is 2. The van der Waals surface area contributed by atoms with Crippen molar-refractivity contribution in [1.82, 2.24) is 4.98 Å². The highest BCUT2D eigenvalue weighted by Gasteiger charge is 2.08. The molecule has 0 radical (unpaired) electrons. The molecule has 6 nitrogen and oxygen atoms in total. The second kappa shape index (κ2) is 9.12. The maximum absolute atomic E-state index is 13.1. The minimum atomic E-state index is -0.453. The lowest BCUT2D eigenvalue weighted by atomic mass is 10.1. The molecule has 1 aromatic carbocycles. The smallest absolute Gasteiger partial charge is 0.226 e. The molecule has 134 valence electrons. The summed E-state index contributed by atoms with van der Waals surface area (Å²) in [5, 5.41) is 7.82. The van der Waals surface area contributed by atoms with Gasteiger partial charge >= 0.3 is 0 Å². The molecule has 2 aromatic rings. The third-order valence-electron chi connectivity index (χ3n) is 3.46. The average molecular weight is 364 g/mol. The number of nitrogens with one attached hydrogen (secondary N) is 2. The van der Waals surface area contributed by atoms with Gasteiger partial charge in [-0.25, -0.2) is 9.37 Å². The van der Waals surface area contributed by atoms with E-state index in [4.69, 9.17) is 5.73 Å². The number of nitrogens with zero attached hydrogens (tertiary/aromatic N) is 1. The first-order chi connectivity index (χ1) is 11.9.